The van der Waals surface area contributed by atoms with E-state index in [4.69, 9.17) is 21.1 Å². The zero-order valence-corrected chi connectivity index (χ0v) is 11.7. The van der Waals surface area contributed by atoms with Crippen LogP contribution >= 0.6 is 11.6 Å². The summed E-state index contributed by atoms with van der Waals surface area (Å²) in [6.07, 6.45) is 1.66. The minimum Gasteiger partial charge on any atom is -0.489 e. The van der Waals surface area contributed by atoms with Crippen LogP contribution in [0.5, 0.6) is 11.5 Å². The van der Waals surface area contributed by atoms with E-state index in [9.17, 15) is 5.11 Å². The molecule has 1 fully saturated rings. The Morgan fingerprint density at radius 2 is 1.95 bits per heavy atom. The lowest BCUT2D eigenvalue weighted by atomic mass is 10.1. The number of fused-ring (bicyclic) bond motifs is 1. The molecule has 4 nitrogen and oxygen atoms in total. The number of rotatable bonds is 3. The second-order valence-corrected chi connectivity index (χ2v) is 5.88. The van der Waals surface area contributed by atoms with Crippen molar-refractivity contribution in [1.29, 1.82) is 0 Å². The third kappa shape index (κ3) is 2.53. The Morgan fingerprint density at radius 1 is 1.32 bits per heavy atom. The van der Waals surface area contributed by atoms with Gasteiger partial charge in [-0.05, 0) is 26.0 Å². The van der Waals surface area contributed by atoms with Gasteiger partial charge in [0.05, 0.1) is 24.3 Å². The van der Waals surface area contributed by atoms with Crippen LogP contribution in [0.15, 0.2) is 12.1 Å². The largest absolute Gasteiger partial charge is 0.489 e. The van der Waals surface area contributed by atoms with Crippen molar-refractivity contribution in [3.63, 3.8) is 0 Å². The number of likely N-dealkylation sites (N-methyl/N-ethyl adjacent to an activating group) is 1. The second kappa shape index (κ2) is 4.85. The van der Waals surface area contributed by atoms with Gasteiger partial charge in [0.25, 0.3) is 0 Å². The first kappa shape index (κ1) is 13.0. The van der Waals surface area contributed by atoms with Crippen molar-refractivity contribution < 1.29 is 14.6 Å². The number of aliphatic hydroxyl groups excluding tert-OH is 1. The van der Waals surface area contributed by atoms with E-state index in [1.807, 2.05) is 0 Å². The Hall–Kier alpha value is -0.970. The molecule has 3 rings (SSSR count). The van der Waals surface area contributed by atoms with Crippen molar-refractivity contribution in [2.45, 2.75) is 18.9 Å². The Labute approximate surface area is 117 Å². The molecule has 1 atom stereocenters. The topological polar surface area (TPSA) is 50.7 Å². The zero-order chi connectivity index (χ0) is 13.5. The molecule has 1 aliphatic carbocycles. The number of halogens is 1. The normalized spacial score (nSPS) is 21.0. The lowest BCUT2D eigenvalue weighted by Crippen LogP contribution is -2.17. The molecule has 0 aromatic heterocycles. The van der Waals surface area contributed by atoms with Crippen molar-refractivity contribution in [2.24, 2.45) is 5.41 Å². The Kier molecular flexibility index (Phi) is 3.33. The molecule has 1 unspecified atom stereocenters. The number of nitrogens with one attached hydrogen (secondary N) is 1. The van der Waals surface area contributed by atoms with Crippen LogP contribution < -0.4 is 14.8 Å². The van der Waals surface area contributed by atoms with E-state index in [-0.39, 0.29) is 5.41 Å². The molecule has 19 heavy (non-hydrogen) atoms. The van der Waals surface area contributed by atoms with E-state index < -0.39 is 6.10 Å². The third-order valence-corrected chi connectivity index (χ3v) is 4.17. The zero-order valence-electron chi connectivity index (χ0n) is 10.9. The highest BCUT2D eigenvalue weighted by Crippen LogP contribution is 2.49. The molecule has 0 bridgehead atoms. The molecule has 1 aromatic rings. The Balaban J connectivity index is 1.88. The van der Waals surface area contributed by atoms with Crippen LogP contribution in [0.3, 0.4) is 0 Å². The molecule has 5 heteroatoms. The van der Waals surface area contributed by atoms with Crippen LogP contribution in [-0.2, 0) is 0 Å². The fourth-order valence-corrected chi connectivity index (χ4v) is 2.58. The van der Waals surface area contributed by atoms with E-state index in [0.717, 1.165) is 12.8 Å². The monoisotopic (exact) mass is 283 g/mol. The van der Waals surface area contributed by atoms with Crippen LogP contribution in [0.1, 0.15) is 24.5 Å². The fourth-order valence-electron chi connectivity index (χ4n) is 2.30. The molecule has 1 aliphatic heterocycles. The molecule has 104 valence electrons. The highest BCUT2D eigenvalue weighted by molar-refractivity contribution is 6.31. The molecule has 1 spiro atoms. The number of aliphatic hydroxyl groups is 1. The summed E-state index contributed by atoms with van der Waals surface area (Å²) in [6, 6.07) is 3.54. The molecule has 0 amide bonds. The average molecular weight is 284 g/mol. The fraction of sp³-hybridized carbons (Fsp3) is 0.571. The van der Waals surface area contributed by atoms with Gasteiger partial charge in [-0.15, -0.1) is 0 Å². The molecule has 0 saturated heterocycles. The van der Waals surface area contributed by atoms with Gasteiger partial charge in [0, 0.05) is 23.6 Å². The summed E-state index contributed by atoms with van der Waals surface area (Å²) < 4.78 is 11.6. The van der Waals surface area contributed by atoms with Gasteiger partial charge >= 0.3 is 0 Å². The van der Waals surface area contributed by atoms with Crippen LogP contribution in [-0.4, -0.2) is 31.9 Å². The smallest absolute Gasteiger partial charge is 0.162 e. The first-order chi connectivity index (χ1) is 9.13. The van der Waals surface area contributed by atoms with Gasteiger partial charge in [0.2, 0.25) is 0 Å². The molecule has 2 aliphatic rings. The van der Waals surface area contributed by atoms with Gasteiger partial charge < -0.3 is 19.9 Å². The number of hydrogen-bond donors (Lipinski definition) is 2. The maximum atomic E-state index is 10.0. The van der Waals surface area contributed by atoms with E-state index in [1.165, 1.54) is 0 Å². The van der Waals surface area contributed by atoms with Gasteiger partial charge in [0.1, 0.15) is 0 Å². The molecular weight excluding hydrogens is 266 g/mol. The predicted octanol–water partition coefficient (Wildman–Crippen LogP) is 2.14. The van der Waals surface area contributed by atoms with Gasteiger partial charge in [-0.2, -0.15) is 0 Å². The van der Waals surface area contributed by atoms with E-state index in [1.54, 1.807) is 19.2 Å². The van der Waals surface area contributed by atoms with E-state index in [0.29, 0.717) is 41.8 Å². The molecule has 0 radical (unpaired) electrons. The summed E-state index contributed by atoms with van der Waals surface area (Å²) in [4.78, 5) is 0. The number of hydrogen-bond acceptors (Lipinski definition) is 4. The van der Waals surface area contributed by atoms with Gasteiger partial charge in [-0.25, -0.2) is 0 Å². The van der Waals surface area contributed by atoms with Crippen molar-refractivity contribution in [3.05, 3.63) is 22.7 Å². The van der Waals surface area contributed by atoms with Gasteiger partial charge in [0.15, 0.2) is 11.5 Å². The summed E-state index contributed by atoms with van der Waals surface area (Å²) in [7, 11) is 1.79. The van der Waals surface area contributed by atoms with Crippen molar-refractivity contribution >= 4 is 11.6 Å². The van der Waals surface area contributed by atoms with Gasteiger partial charge in [-0.1, -0.05) is 11.6 Å². The standard InChI is InChI=1S/C14H18ClNO3/c1-16-6-11(17)9-4-12-13(5-10(9)15)19-8-14(2-3-14)7-18-12/h4-5,11,16-17H,2-3,6-8H2,1H3. The average Bonchev–Trinajstić information content (AvgIpc) is 3.18. The molecule has 2 N–H and O–H groups in total. The number of ether oxygens (including phenoxy) is 2. The van der Waals surface area contributed by atoms with Crippen LogP contribution in [0.25, 0.3) is 0 Å². The third-order valence-electron chi connectivity index (χ3n) is 3.84. The van der Waals surface area contributed by atoms with E-state index >= 15 is 0 Å². The Bertz CT molecular complexity index is 488. The summed E-state index contributed by atoms with van der Waals surface area (Å²) in [6.45, 7) is 1.82. The quantitative estimate of drug-likeness (QED) is 0.892. The van der Waals surface area contributed by atoms with Crippen molar-refractivity contribution in [3.8, 4) is 11.5 Å². The van der Waals surface area contributed by atoms with Crippen LogP contribution in [0.2, 0.25) is 5.02 Å². The van der Waals surface area contributed by atoms with Crippen molar-refractivity contribution in [2.75, 3.05) is 26.8 Å². The Morgan fingerprint density at radius 3 is 2.53 bits per heavy atom. The number of benzene rings is 1. The van der Waals surface area contributed by atoms with Crippen molar-refractivity contribution in [1.82, 2.24) is 5.32 Å². The maximum Gasteiger partial charge on any atom is 0.162 e. The summed E-state index contributed by atoms with van der Waals surface area (Å²) in [5.41, 5.74) is 0.875. The molecule has 1 aromatic carbocycles. The highest BCUT2D eigenvalue weighted by atomic mass is 35.5. The summed E-state index contributed by atoms with van der Waals surface area (Å²) >= 11 is 6.21. The summed E-state index contributed by atoms with van der Waals surface area (Å²) in [5.74, 6) is 1.35. The molecule has 1 saturated carbocycles. The lowest BCUT2D eigenvalue weighted by molar-refractivity contribution is 0.177. The SMILES string of the molecule is CNCC(O)c1cc2c(cc1Cl)OCC1(CC1)CO2. The van der Waals surface area contributed by atoms with E-state index in [2.05, 4.69) is 5.32 Å². The van der Waals surface area contributed by atoms with Crippen LogP contribution in [0.4, 0.5) is 0 Å². The lowest BCUT2D eigenvalue weighted by Gasteiger charge is -2.15. The molecular formula is C14H18ClNO3. The second-order valence-electron chi connectivity index (χ2n) is 5.47. The minimum absolute atomic E-state index is 0.204. The van der Waals surface area contributed by atoms with Gasteiger partial charge in [-0.3, -0.25) is 0 Å². The summed E-state index contributed by atoms with van der Waals surface area (Å²) in [5, 5.41) is 13.5. The predicted molar refractivity (Wildman–Crippen MR) is 73.0 cm³/mol. The highest BCUT2D eigenvalue weighted by Gasteiger charge is 2.46. The first-order valence-electron chi connectivity index (χ1n) is 6.55. The van der Waals surface area contributed by atoms with Crippen LogP contribution in [0, 0.1) is 5.41 Å². The first-order valence-corrected chi connectivity index (χ1v) is 6.93. The molecule has 1 heterocycles. The minimum atomic E-state index is -0.649. The maximum absolute atomic E-state index is 10.0.